The van der Waals surface area contributed by atoms with Crippen LogP contribution in [-0.2, 0) is 6.54 Å². The zero-order valence-corrected chi connectivity index (χ0v) is 15.8. The molecular formula is C21H15N5O4. The van der Waals surface area contributed by atoms with Crippen molar-refractivity contribution in [2.75, 3.05) is 5.32 Å². The second kappa shape index (κ2) is 7.89. The minimum atomic E-state index is -0.497. The molecule has 0 atom stereocenters. The van der Waals surface area contributed by atoms with Gasteiger partial charge in [0.05, 0.1) is 18.2 Å². The van der Waals surface area contributed by atoms with Crippen LogP contribution in [0, 0.1) is 11.3 Å². The van der Waals surface area contributed by atoms with E-state index in [0.29, 0.717) is 29.2 Å². The van der Waals surface area contributed by atoms with Gasteiger partial charge in [0, 0.05) is 24.8 Å². The predicted octanol–water partition coefficient (Wildman–Crippen LogP) is 3.51. The SMILES string of the molecule is CC(=O)c1ccc(Cn2ccc(NC(=O)c3ncoc3-c3cccc(C#N)c3)n2)o1. The number of hydrogen-bond acceptors (Lipinski definition) is 7. The molecule has 0 unspecified atom stereocenters. The van der Waals surface area contributed by atoms with E-state index < -0.39 is 5.91 Å². The van der Waals surface area contributed by atoms with Gasteiger partial charge in [0.1, 0.15) is 5.76 Å². The van der Waals surface area contributed by atoms with E-state index in [0.717, 1.165) is 0 Å². The Kier molecular flexibility index (Phi) is 4.97. The van der Waals surface area contributed by atoms with Crippen molar-refractivity contribution in [1.82, 2.24) is 14.8 Å². The van der Waals surface area contributed by atoms with Crippen molar-refractivity contribution in [1.29, 1.82) is 5.26 Å². The van der Waals surface area contributed by atoms with Gasteiger partial charge >= 0.3 is 0 Å². The van der Waals surface area contributed by atoms with Crippen LogP contribution < -0.4 is 5.32 Å². The maximum Gasteiger partial charge on any atom is 0.279 e. The van der Waals surface area contributed by atoms with Crippen molar-refractivity contribution in [3.8, 4) is 17.4 Å². The average Bonchev–Trinajstić information content (AvgIpc) is 3.49. The van der Waals surface area contributed by atoms with E-state index in [9.17, 15) is 9.59 Å². The molecule has 4 rings (SSSR count). The summed E-state index contributed by atoms with van der Waals surface area (Å²) in [5.41, 5.74) is 1.10. The first-order chi connectivity index (χ1) is 14.5. The maximum absolute atomic E-state index is 12.7. The summed E-state index contributed by atoms with van der Waals surface area (Å²) in [6.07, 6.45) is 2.84. The third-order valence-corrected chi connectivity index (χ3v) is 4.25. The van der Waals surface area contributed by atoms with Crippen molar-refractivity contribution < 1.29 is 18.4 Å². The molecular weight excluding hydrogens is 386 g/mol. The first-order valence-corrected chi connectivity index (χ1v) is 8.92. The molecule has 0 saturated carbocycles. The molecule has 0 aliphatic heterocycles. The number of furan rings is 1. The fourth-order valence-electron chi connectivity index (χ4n) is 2.85. The van der Waals surface area contributed by atoms with Crippen molar-refractivity contribution >= 4 is 17.5 Å². The quantitative estimate of drug-likeness (QED) is 0.490. The summed E-state index contributed by atoms with van der Waals surface area (Å²) in [5, 5.41) is 16.0. The number of benzene rings is 1. The molecule has 0 saturated heterocycles. The van der Waals surface area contributed by atoms with E-state index >= 15 is 0 Å². The van der Waals surface area contributed by atoms with Crippen molar-refractivity contribution in [2.24, 2.45) is 0 Å². The summed E-state index contributed by atoms with van der Waals surface area (Å²) in [6.45, 7) is 1.73. The molecule has 0 aliphatic carbocycles. The molecule has 3 heterocycles. The highest BCUT2D eigenvalue weighted by atomic mass is 16.3. The fraction of sp³-hybridized carbons (Fsp3) is 0.0952. The van der Waals surface area contributed by atoms with E-state index in [2.05, 4.69) is 15.4 Å². The van der Waals surface area contributed by atoms with Crippen LogP contribution in [-0.4, -0.2) is 26.5 Å². The minimum Gasteiger partial charge on any atom is -0.456 e. The molecule has 4 aromatic rings. The molecule has 3 aromatic heterocycles. The second-order valence-corrected chi connectivity index (χ2v) is 6.40. The Bertz CT molecular complexity index is 1270. The topological polar surface area (TPSA) is 127 Å². The van der Waals surface area contributed by atoms with E-state index in [1.54, 1.807) is 53.3 Å². The first kappa shape index (κ1) is 18.9. The zero-order chi connectivity index (χ0) is 21.1. The molecule has 1 amide bonds. The van der Waals surface area contributed by atoms with E-state index in [-0.39, 0.29) is 23.0 Å². The highest BCUT2D eigenvalue weighted by molar-refractivity contribution is 6.05. The highest BCUT2D eigenvalue weighted by Crippen LogP contribution is 2.24. The van der Waals surface area contributed by atoms with Crippen LogP contribution in [0.15, 0.2) is 63.9 Å². The molecule has 1 aromatic carbocycles. The molecule has 9 nitrogen and oxygen atoms in total. The lowest BCUT2D eigenvalue weighted by atomic mass is 10.1. The number of nitrogens with zero attached hydrogens (tertiary/aromatic N) is 4. The molecule has 0 spiro atoms. The molecule has 148 valence electrons. The largest absolute Gasteiger partial charge is 0.456 e. The van der Waals surface area contributed by atoms with E-state index in [4.69, 9.17) is 14.1 Å². The zero-order valence-electron chi connectivity index (χ0n) is 15.8. The fourth-order valence-corrected chi connectivity index (χ4v) is 2.85. The van der Waals surface area contributed by atoms with Crippen LogP contribution in [0.4, 0.5) is 5.82 Å². The number of ketones is 1. The summed E-state index contributed by atoms with van der Waals surface area (Å²) < 4.78 is 12.4. The number of oxazole rings is 1. The summed E-state index contributed by atoms with van der Waals surface area (Å²) in [7, 11) is 0. The third kappa shape index (κ3) is 3.88. The molecule has 0 fully saturated rings. The molecule has 0 aliphatic rings. The summed E-state index contributed by atoms with van der Waals surface area (Å²) in [4.78, 5) is 28.0. The van der Waals surface area contributed by atoms with Crippen LogP contribution >= 0.6 is 0 Å². The number of nitriles is 1. The van der Waals surface area contributed by atoms with Gasteiger partial charge in [-0.15, -0.1) is 0 Å². The molecule has 0 radical (unpaired) electrons. The Labute approximate surface area is 170 Å². The molecule has 9 heteroatoms. The van der Waals surface area contributed by atoms with Crippen LogP contribution in [0.3, 0.4) is 0 Å². The highest BCUT2D eigenvalue weighted by Gasteiger charge is 2.19. The lowest BCUT2D eigenvalue weighted by Gasteiger charge is -2.03. The Hall–Kier alpha value is -4.45. The number of carbonyl (C=O) groups excluding carboxylic acids is 2. The van der Waals surface area contributed by atoms with Crippen molar-refractivity contribution in [3.05, 3.63) is 77.8 Å². The average molecular weight is 401 g/mol. The van der Waals surface area contributed by atoms with Crippen LogP contribution in [0.25, 0.3) is 11.3 Å². The summed E-state index contributed by atoms with van der Waals surface area (Å²) in [6, 6.07) is 13.7. The van der Waals surface area contributed by atoms with Crippen LogP contribution in [0.5, 0.6) is 0 Å². The first-order valence-electron chi connectivity index (χ1n) is 8.92. The van der Waals surface area contributed by atoms with Gasteiger partial charge in [0.25, 0.3) is 5.91 Å². The monoisotopic (exact) mass is 401 g/mol. The Balaban J connectivity index is 1.48. The predicted molar refractivity (Wildman–Crippen MR) is 105 cm³/mol. The van der Waals surface area contributed by atoms with Gasteiger partial charge in [-0.25, -0.2) is 4.98 Å². The molecule has 30 heavy (non-hydrogen) atoms. The van der Waals surface area contributed by atoms with Gasteiger partial charge in [-0.2, -0.15) is 10.4 Å². The van der Waals surface area contributed by atoms with Gasteiger partial charge < -0.3 is 14.2 Å². The standard InChI is InChI=1S/C21H15N5O4/c1-13(27)17-6-5-16(30-17)11-26-8-7-18(25-26)24-21(28)19-20(29-12-23-19)15-4-2-3-14(9-15)10-22/h2-9,12H,11H2,1H3,(H,24,25,28). The van der Waals surface area contributed by atoms with Crippen LogP contribution in [0.1, 0.15) is 39.3 Å². The Morgan fingerprint density at radius 3 is 2.87 bits per heavy atom. The minimum absolute atomic E-state index is 0.0803. The van der Waals surface area contributed by atoms with E-state index in [1.807, 2.05) is 6.07 Å². The number of hydrogen-bond donors (Lipinski definition) is 1. The lowest BCUT2D eigenvalue weighted by Crippen LogP contribution is -2.14. The Morgan fingerprint density at radius 2 is 2.10 bits per heavy atom. The Morgan fingerprint density at radius 1 is 1.23 bits per heavy atom. The van der Waals surface area contributed by atoms with Gasteiger partial charge in [-0.1, -0.05) is 12.1 Å². The number of Topliss-reactive ketones (excluding diaryl/α,β-unsaturated/α-hetero) is 1. The molecule has 1 N–H and O–H groups in total. The summed E-state index contributed by atoms with van der Waals surface area (Å²) in [5.74, 6) is 0.776. The summed E-state index contributed by atoms with van der Waals surface area (Å²) >= 11 is 0. The van der Waals surface area contributed by atoms with E-state index in [1.165, 1.54) is 13.3 Å². The maximum atomic E-state index is 12.7. The normalized spacial score (nSPS) is 10.5. The number of aromatic nitrogens is 3. The van der Waals surface area contributed by atoms with Gasteiger partial charge in [0.15, 0.2) is 35.2 Å². The smallest absolute Gasteiger partial charge is 0.279 e. The second-order valence-electron chi connectivity index (χ2n) is 6.40. The van der Waals surface area contributed by atoms with Crippen molar-refractivity contribution in [2.45, 2.75) is 13.5 Å². The number of rotatable bonds is 6. The van der Waals surface area contributed by atoms with Crippen molar-refractivity contribution in [3.63, 3.8) is 0 Å². The number of anilines is 1. The molecule has 0 bridgehead atoms. The van der Waals surface area contributed by atoms with Gasteiger partial charge in [-0.3, -0.25) is 14.3 Å². The number of amides is 1. The van der Waals surface area contributed by atoms with Crippen LogP contribution in [0.2, 0.25) is 0 Å². The number of nitrogens with one attached hydrogen (secondary N) is 1. The van der Waals surface area contributed by atoms with Gasteiger partial charge in [-0.05, 0) is 24.3 Å². The number of carbonyl (C=O) groups is 2. The lowest BCUT2D eigenvalue weighted by molar-refractivity contribution is 0.0983. The third-order valence-electron chi connectivity index (χ3n) is 4.25. The van der Waals surface area contributed by atoms with Gasteiger partial charge in [0.2, 0.25) is 0 Å².